The summed E-state index contributed by atoms with van der Waals surface area (Å²) < 4.78 is 10.6. The summed E-state index contributed by atoms with van der Waals surface area (Å²) in [5.74, 6) is 0.126. The van der Waals surface area contributed by atoms with Crippen LogP contribution in [0.25, 0.3) is 11.0 Å². The van der Waals surface area contributed by atoms with Gasteiger partial charge in [0.25, 0.3) is 5.56 Å². The highest BCUT2D eigenvalue weighted by Gasteiger charge is 2.19. The number of esters is 1. The molecule has 20 heavy (non-hydrogen) atoms. The van der Waals surface area contributed by atoms with E-state index in [2.05, 4.69) is 9.97 Å². The number of aromatic amines is 1. The molecule has 0 saturated carbocycles. The first-order chi connectivity index (χ1) is 9.63. The Bertz CT molecular complexity index is 666. The van der Waals surface area contributed by atoms with Gasteiger partial charge in [-0.1, -0.05) is 6.92 Å². The van der Waals surface area contributed by atoms with E-state index in [1.807, 2.05) is 6.92 Å². The molecule has 6 nitrogen and oxygen atoms in total. The van der Waals surface area contributed by atoms with E-state index >= 15 is 0 Å². The Hall–Kier alpha value is -2.37. The fourth-order valence-corrected chi connectivity index (χ4v) is 1.79. The third-order valence-corrected chi connectivity index (χ3v) is 2.75. The molecule has 0 fully saturated rings. The van der Waals surface area contributed by atoms with Gasteiger partial charge in [-0.2, -0.15) is 0 Å². The van der Waals surface area contributed by atoms with Crippen LogP contribution in [0.2, 0.25) is 0 Å². The summed E-state index contributed by atoms with van der Waals surface area (Å²) in [5.41, 5.74) is 0.957. The van der Waals surface area contributed by atoms with Gasteiger partial charge in [0, 0.05) is 6.07 Å². The molecule has 6 heteroatoms. The second kappa shape index (κ2) is 6.18. The van der Waals surface area contributed by atoms with Crippen LogP contribution in [-0.4, -0.2) is 28.6 Å². The number of benzene rings is 1. The van der Waals surface area contributed by atoms with Gasteiger partial charge in [-0.05, 0) is 25.5 Å². The maximum absolute atomic E-state index is 11.7. The average Bonchev–Trinajstić information content (AvgIpc) is 2.45. The Morgan fingerprint density at radius 3 is 2.90 bits per heavy atom. The Morgan fingerprint density at radius 1 is 1.40 bits per heavy atom. The van der Waals surface area contributed by atoms with Crippen LogP contribution < -0.4 is 10.3 Å². The van der Waals surface area contributed by atoms with Crippen molar-refractivity contribution in [1.82, 2.24) is 9.97 Å². The van der Waals surface area contributed by atoms with Crippen LogP contribution in [-0.2, 0) is 9.53 Å². The summed E-state index contributed by atoms with van der Waals surface area (Å²) in [6.45, 7) is 3.92. The van der Waals surface area contributed by atoms with E-state index < -0.39 is 6.10 Å². The highest BCUT2D eigenvalue weighted by Crippen LogP contribution is 2.19. The van der Waals surface area contributed by atoms with E-state index in [0.29, 0.717) is 29.8 Å². The van der Waals surface area contributed by atoms with Gasteiger partial charge in [0.1, 0.15) is 5.75 Å². The van der Waals surface area contributed by atoms with Crippen molar-refractivity contribution in [2.24, 2.45) is 0 Å². The van der Waals surface area contributed by atoms with Crippen LogP contribution in [0.4, 0.5) is 0 Å². The zero-order valence-electron chi connectivity index (χ0n) is 11.4. The number of ether oxygens (including phenoxy) is 2. The van der Waals surface area contributed by atoms with Gasteiger partial charge in [0.15, 0.2) is 6.10 Å². The Balaban J connectivity index is 2.22. The number of H-pyrrole nitrogens is 1. The fraction of sp³-hybridized carbons (Fsp3) is 0.357. The van der Waals surface area contributed by atoms with E-state index in [4.69, 9.17) is 9.47 Å². The van der Waals surface area contributed by atoms with Crippen LogP contribution in [0.3, 0.4) is 0 Å². The third-order valence-electron chi connectivity index (χ3n) is 2.75. The van der Waals surface area contributed by atoms with Gasteiger partial charge in [-0.3, -0.25) is 4.79 Å². The zero-order chi connectivity index (χ0) is 14.5. The molecule has 0 aliphatic rings. The number of rotatable bonds is 5. The molecular weight excluding hydrogens is 260 g/mol. The molecule has 2 rings (SSSR count). The van der Waals surface area contributed by atoms with Crippen molar-refractivity contribution in [1.29, 1.82) is 0 Å². The minimum absolute atomic E-state index is 0.260. The van der Waals surface area contributed by atoms with Crippen molar-refractivity contribution >= 4 is 17.0 Å². The molecule has 1 N–H and O–H groups in total. The topological polar surface area (TPSA) is 81.3 Å². The molecule has 106 valence electrons. The van der Waals surface area contributed by atoms with E-state index in [1.165, 1.54) is 6.20 Å². The van der Waals surface area contributed by atoms with Gasteiger partial charge in [-0.15, -0.1) is 0 Å². The molecule has 0 aliphatic heterocycles. The molecule has 2 aromatic rings. The smallest absolute Gasteiger partial charge is 0.347 e. The molecule has 0 radical (unpaired) electrons. The number of carbonyl (C=O) groups is 1. The maximum Gasteiger partial charge on any atom is 0.347 e. The van der Waals surface area contributed by atoms with Crippen molar-refractivity contribution in [2.75, 3.05) is 6.61 Å². The van der Waals surface area contributed by atoms with Gasteiger partial charge in [0.2, 0.25) is 0 Å². The zero-order valence-corrected chi connectivity index (χ0v) is 11.4. The lowest BCUT2D eigenvalue weighted by Crippen LogP contribution is -2.28. The summed E-state index contributed by atoms with van der Waals surface area (Å²) in [7, 11) is 0. The second-order valence-corrected chi connectivity index (χ2v) is 4.19. The summed E-state index contributed by atoms with van der Waals surface area (Å²) in [6, 6.07) is 5.05. The highest BCUT2D eigenvalue weighted by molar-refractivity contribution is 5.77. The number of carbonyl (C=O) groups excluding carboxylic acids is 1. The van der Waals surface area contributed by atoms with Crippen LogP contribution in [0.5, 0.6) is 5.75 Å². The lowest BCUT2D eigenvalue weighted by atomic mass is 10.2. The average molecular weight is 276 g/mol. The number of nitrogens with zero attached hydrogens (tertiary/aromatic N) is 1. The molecule has 0 spiro atoms. The predicted molar refractivity (Wildman–Crippen MR) is 73.7 cm³/mol. The predicted octanol–water partition coefficient (Wildman–Crippen LogP) is 1.64. The second-order valence-electron chi connectivity index (χ2n) is 4.19. The number of hydrogen-bond donors (Lipinski definition) is 1. The minimum Gasteiger partial charge on any atom is -0.479 e. The molecule has 0 aliphatic carbocycles. The molecule has 0 amide bonds. The first-order valence-electron chi connectivity index (χ1n) is 6.46. The minimum atomic E-state index is -0.643. The summed E-state index contributed by atoms with van der Waals surface area (Å²) in [5, 5.41) is 0. The molecule has 1 aromatic heterocycles. The van der Waals surface area contributed by atoms with Gasteiger partial charge >= 0.3 is 5.97 Å². The highest BCUT2D eigenvalue weighted by atomic mass is 16.6. The number of hydrogen-bond acceptors (Lipinski definition) is 5. The van der Waals surface area contributed by atoms with Crippen molar-refractivity contribution < 1.29 is 14.3 Å². The number of nitrogens with one attached hydrogen (secondary N) is 1. The van der Waals surface area contributed by atoms with Crippen molar-refractivity contribution in [3.05, 3.63) is 34.7 Å². The first kappa shape index (κ1) is 14.0. The SMILES string of the molecule is CCOC(=O)C(CC)Oc1ccc2[nH]c(=O)cnc2c1. The van der Waals surface area contributed by atoms with Crippen molar-refractivity contribution in [3.63, 3.8) is 0 Å². The molecule has 1 atom stereocenters. The molecule has 0 saturated heterocycles. The van der Waals surface area contributed by atoms with Crippen LogP contribution in [0.15, 0.2) is 29.2 Å². The van der Waals surface area contributed by atoms with Crippen LogP contribution >= 0.6 is 0 Å². The van der Waals surface area contributed by atoms with Crippen LogP contribution in [0, 0.1) is 0 Å². The largest absolute Gasteiger partial charge is 0.479 e. The van der Waals surface area contributed by atoms with Gasteiger partial charge in [0.05, 0.1) is 23.8 Å². The fourth-order valence-electron chi connectivity index (χ4n) is 1.79. The Labute approximate surface area is 115 Å². The van der Waals surface area contributed by atoms with Crippen molar-refractivity contribution in [2.45, 2.75) is 26.4 Å². The number of fused-ring (bicyclic) bond motifs is 1. The molecule has 1 heterocycles. The monoisotopic (exact) mass is 276 g/mol. The van der Waals surface area contributed by atoms with E-state index in [-0.39, 0.29) is 11.5 Å². The molecule has 0 bridgehead atoms. The summed E-state index contributed by atoms with van der Waals surface area (Å²) in [4.78, 5) is 29.5. The normalized spacial score (nSPS) is 12.1. The van der Waals surface area contributed by atoms with E-state index in [1.54, 1.807) is 25.1 Å². The van der Waals surface area contributed by atoms with E-state index in [0.717, 1.165) is 0 Å². The quantitative estimate of drug-likeness (QED) is 0.840. The lowest BCUT2D eigenvalue weighted by molar-refractivity contribution is -0.151. The standard InChI is InChI=1S/C14H16N2O4/c1-3-12(14(18)19-4-2)20-9-5-6-10-11(7-9)15-8-13(17)16-10/h5-8,12H,3-4H2,1-2H3,(H,16,17). The Kier molecular flexibility index (Phi) is 4.34. The summed E-state index contributed by atoms with van der Waals surface area (Å²) in [6.07, 6.45) is 1.07. The number of aromatic nitrogens is 2. The third kappa shape index (κ3) is 3.14. The summed E-state index contributed by atoms with van der Waals surface area (Å²) >= 11 is 0. The maximum atomic E-state index is 11.7. The van der Waals surface area contributed by atoms with Gasteiger partial charge in [-0.25, -0.2) is 9.78 Å². The molecule has 1 aromatic carbocycles. The van der Waals surface area contributed by atoms with Crippen LogP contribution in [0.1, 0.15) is 20.3 Å². The Morgan fingerprint density at radius 2 is 2.20 bits per heavy atom. The lowest BCUT2D eigenvalue weighted by Gasteiger charge is -2.16. The molecular formula is C14H16N2O4. The van der Waals surface area contributed by atoms with Gasteiger partial charge < -0.3 is 14.5 Å². The van der Waals surface area contributed by atoms with E-state index in [9.17, 15) is 9.59 Å². The van der Waals surface area contributed by atoms with Crippen molar-refractivity contribution in [3.8, 4) is 5.75 Å². The first-order valence-corrected chi connectivity index (χ1v) is 6.46. The molecule has 1 unspecified atom stereocenters.